The zero-order valence-electron chi connectivity index (χ0n) is 24.3. The standard InChI is InChI=1S/C32H44Cl2O8/c1-3-23-17-24(40-31(39-23)27-14-20(33)10-12-29(27)37)9-5-7-22(36)16-26-18-25(8-4-6-19(2)35)41-32(42-26)28-15-21(34)11-13-30(28)38/h10-15,19,22-26,31-32,35-38H,3-9,16-18H2,1-2H3. The van der Waals surface area contributed by atoms with Crippen molar-refractivity contribution in [1.82, 2.24) is 0 Å². The van der Waals surface area contributed by atoms with Gasteiger partial charge in [0, 0.05) is 22.9 Å². The third kappa shape index (κ3) is 9.69. The number of ether oxygens (including phenoxy) is 4. The fraction of sp³-hybridized carbons (Fsp3) is 0.625. The number of hydrogen-bond donors (Lipinski definition) is 4. The van der Waals surface area contributed by atoms with Crippen LogP contribution in [0.15, 0.2) is 36.4 Å². The van der Waals surface area contributed by atoms with Crippen molar-refractivity contribution in [2.45, 2.75) is 127 Å². The van der Waals surface area contributed by atoms with Gasteiger partial charge in [-0.05, 0) is 94.7 Å². The second-order valence-corrected chi connectivity index (χ2v) is 12.5. The molecular formula is C32H44Cl2O8. The molecular weight excluding hydrogens is 583 g/mol. The predicted molar refractivity (Wildman–Crippen MR) is 161 cm³/mol. The van der Waals surface area contributed by atoms with Gasteiger partial charge < -0.3 is 39.4 Å². The van der Waals surface area contributed by atoms with E-state index in [9.17, 15) is 20.4 Å². The van der Waals surface area contributed by atoms with Crippen molar-refractivity contribution in [1.29, 1.82) is 0 Å². The van der Waals surface area contributed by atoms with Crippen molar-refractivity contribution < 1.29 is 39.4 Å². The number of benzene rings is 2. The zero-order chi connectivity index (χ0) is 30.2. The number of aromatic hydroxyl groups is 2. The summed E-state index contributed by atoms with van der Waals surface area (Å²) >= 11 is 12.3. The van der Waals surface area contributed by atoms with Gasteiger partial charge in [0.15, 0.2) is 12.6 Å². The van der Waals surface area contributed by atoms with E-state index < -0.39 is 18.7 Å². The van der Waals surface area contributed by atoms with Crippen molar-refractivity contribution >= 4 is 23.2 Å². The molecule has 4 N–H and O–H groups in total. The van der Waals surface area contributed by atoms with Gasteiger partial charge in [0.2, 0.25) is 0 Å². The Morgan fingerprint density at radius 1 is 0.738 bits per heavy atom. The number of rotatable bonds is 13. The number of phenols is 2. The molecule has 0 amide bonds. The van der Waals surface area contributed by atoms with Crippen LogP contribution in [0.1, 0.15) is 102 Å². The van der Waals surface area contributed by atoms with Gasteiger partial charge in [-0.1, -0.05) is 30.1 Å². The summed E-state index contributed by atoms with van der Waals surface area (Å²) in [5, 5.41) is 42.4. The maximum atomic E-state index is 11.0. The molecule has 8 unspecified atom stereocenters. The fourth-order valence-corrected chi connectivity index (χ4v) is 6.08. The fourth-order valence-electron chi connectivity index (χ4n) is 5.72. The Balaban J connectivity index is 1.32. The third-order valence-corrected chi connectivity index (χ3v) is 8.47. The van der Waals surface area contributed by atoms with E-state index in [1.165, 1.54) is 6.07 Å². The molecule has 234 valence electrons. The molecule has 2 fully saturated rings. The SMILES string of the molecule is CCC1CC(CCCC(O)CC2CC(CCCC(C)O)OC(c3cc(Cl)ccc3O)O2)OC(c2cc(Cl)ccc2O)O1. The van der Waals surface area contributed by atoms with Crippen molar-refractivity contribution in [2.24, 2.45) is 0 Å². The van der Waals surface area contributed by atoms with E-state index in [1.807, 2.05) is 0 Å². The maximum Gasteiger partial charge on any atom is 0.188 e. The van der Waals surface area contributed by atoms with E-state index in [2.05, 4.69) is 6.92 Å². The molecule has 2 heterocycles. The second kappa shape index (κ2) is 15.9. The van der Waals surface area contributed by atoms with Crippen molar-refractivity contribution in [2.75, 3.05) is 0 Å². The van der Waals surface area contributed by atoms with E-state index in [4.69, 9.17) is 42.1 Å². The summed E-state index contributed by atoms with van der Waals surface area (Å²) in [6, 6.07) is 9.60. The lowest BCUT2D eigenvalue weighted by Gasteiger charge is -2.37. The van der Waals surface area contributed by atoms with Crippen LogP contribution in [-0.4, -0.2) is 57.0 Å². The first-order chi connectivity index (χ1) is 20.1. The Morgan fingerprint density at radius 3 is 1.74 bits per heavy atom. The average Bonchev–Trinajstić information content (AvgIpc) is 2.95. The minimum Gasteiger partial charge on any atom is -0.507 e. The van der Waals surface area contributed by atoms with Gasteiger partial charge in [0.05, 0.1) is 47.8 Å². The van der Waals surface area contributed by atoms with Crippen LogP contribution in [0.5, 0.6) is 11.5 Å². The van der Waals surface area contributed by atoms with Crippen LogP contribution in [-0.2, 0) is 18.9 Å². The minimum atomic E-state index is -0.798. The Bertz CT molecular complexity index is 1130. The predicted octanol–water partition coefficient (Wildman–Crippen LogP) is 7.33. The Kier molecular flexibility index (Phi) is 12.6. The molecule has 2 saturated heterocycles. The van der Waals surface area contributed by atoms with Crippen molar-refractivity contribution in [3.05, 3.63) is 57.6 Å². The third-order valence-electron chi connectivity index (χ3n) is 8.00. The molecule has 0 aliphatic carbocycles. The lowest BCUT2D eigenvalue weighted by atomic mass is 9.96. The monoisotopic (exact) mass is 626 g/mol. The van der Waals surface area contributed by atoms with Gasteiger partial charge in [-0.15, -0.1) is 0 Å². The number of aliphatic hydroxyl groups is 2. The summed E-state index contributed by atoms with van der Waals surface area (Å²) in [7, 11) is 0. The Hall–Kier alpha value is -1.62. The highest BCUT2D eigenvalue weighted by atomic mass is 35.5. The largest absolute Gasteiger partial charge is 0.507 e. The van der Waals surface area contributed by atoms with Crippen LogP contribution in [0.25, 0.3) is 0 Å². The molecule has 10 heteroatoms. The van der Waals surface area contributed by atoms with Crippen molar-refractivity contribution in [3.63, 3.8) is 0 Å². The first-order valence-corrected chi connectivity index (χ1v) is 15.8. The van der Waals surface area contributed by atoms with Gasteiger partial charge in [-0.2, -0.15) is 0 Å². The summed E-state index contributed by atoms with van der Waals surface area (Å²) in [6.07, 6.45) is 3.92. The molecule has 42 heavy (non-hydrogen) atoms. The first-order valence-electron chi connectivity index (χ1n) is 15.1. The van der Waals surface area contributed by atoms with Gasteiger partial charge in [-0.25, -0.2) is 0 Å². The van der Waals surface area contributed by atoms with E-state index in [1.54, 1.807) is 37.3 Å². The highest BCUT2D eigenvalue weighted by Gasteiger charge is 2.34. The molecule has 0 aromatic heterocycles. The molecule has 4 rings (SSSR count). The normalized spacial score (nSPS) is 28.0. The highest BCUT2D eigenvalue weighted by Crippen LogP contribution is 2.40. The quantitative estimate of drug-likeness (QED) is 0.182. The molecule has 2 aliphatic rings. The molecule has 2 aliphatic heterocycles. The van der Waals surface area contributed by atoms with Crippen LogP contribution >= 0.6 is 23.2 Å². The highest BCUT2D eigenvalue weighted by molar-refractivity contribution is 6.31. The summed E-state index contributed by atoms with van der Waals surface area (Å²) in [4.78, 5) is 0. The molecule has 0 spiro atoms. The summed E-state index contributed by atoms with van der Waals surface area (Å²) in [5.74, 6) is 0.125. The topological polar surface area (TPSA) is 118 Å². The second-order valence-electron chi connectivity index (χ2n) is 11.6. The maximum absolute atomic E-state index is 11.0. The molecule has 0 saturated carbocycles. The Labute approximate surface area is 258 Å². The van der Waals surface area contributed by atoms with E-state index in [0.717, 1.165) is 38.5 Å². The summed E-state index contributed by atoms with van der Waals surface area (Å²) in [5.41, 5.74) is 0.982. The lowest BCUT2D eigenvalue weighted by Crippen LogP contribution is -2.36. The lowest BCUT2D eigenvalue weighted by molar-refractivity contribution is -0.254. The minimum absolute atomic E-state index is 0.00159. The molecule has 8 atom stereocenters. The van der Waals surface area contributed by atoms with Crippen LogP contribution in [0.2, 0.25) is 10.0 Å². The summed E-state index contributed by atoms with van der Waals surface area (Å²) in [6.45, 7) is 3.83. The Morgan fingerprint density at radius 2 is 1.21 bits per heavy atom. The summed E-state index contributed by atoms with van der Waals surface area (Å²) < 4.78 is 24.7. The molecule has 0 radical (unpaired) electrons. The van der Waals surface area contributed by atoms with Gasteiger partial charge in [0.25, 0.3) is 0 Å². The van der Waals surface area contributed by atoms with E-state index in [-0.39, 0.29) is 42.0 Å². The number of halogens is 2. The molecule has 0 bridgehead atoms. The zero-order valence-corrected chi connectivity index (χ0v) is 25.8. The number of aliphatic hydroxyl groups excluding tert-OH is 2. The van der Waals surface area contributed by atoms with Gasteiger partial charge >= 0.3 is 0 Å². The van der Waals surface area contributed by atoms with E-state index >= 15 is 0 Å². The van der Waals surface area contributed by atoms with Gasteiger partial charge in [-0.3, -0.25) is 0 Å². The molecule has 2 aromatic rings. The van der Waals surface area contributed by atoms with Crippen LogP contribution in [0.3, 0.4) is 0 Å². The molecule has 8 nitrogen and oxygen atoms in total. The van der Waals surface area contributed by atoms with Crippen LogP contribution in [0, 0.1) is 0 Å². The molecule has 2 aromatic carbocycles. The first kappa shape index (κ1) is 33.3. The van der Waals surface area contributed by atoms with Crippen molar-refractivity contribution in [3.8, 4) is 11.5 Å². The number of hydrogen-bond acceptors (Lipinski definition) is 8. The average molecular weight is 628 g/mol. The van der Waals surface area contributed by atoms with Crippen LogP contribution in [0.4, 0.5) is 0 Å². The van der Waals surface area contributed by atoms with Crippen LogP contribution < -0.4 is 0 Å². The number of phenolic OH excluding ortho intramolecular Hbond substituents is 2. The smallest absolute Gasteiger partial charge is 0.188 e. The van der Waals surface area contributed by atoms with E-state index in [0.29, 0.717) is 46.9 Å². The van der Waals surface area contributed by atoms with Gasteiger partial charge in [0.1, 0.15) is 11.5 Å².